The second kappa shape index (κ2) is 10.5. The Bertz CT molecular complexity index is 798. The quantitative estimate of drug-likeness (QED) is 0.691. The Morgan fingerprint density at radius 2 is 1.62 bits per heavy atom. The van der Waals surface area contributed by atoms with Crippen LogP contribution in [-0.2, 0) is 21.9 Å². The Hall–Kier alpha value is -2.27. The molecule has 2 aromatic rings. The van der Waals surface area contributed by atoms with Crippen LogP contribution in [0.25, 0.3) is 0 Å². The first kappa shape index (κ1) is 23.0. The number of carbonyl (C=O) groups is 2. The summed E-state index contributed by atoms with van der Waals surface area (Å²) in [7, 11) is 0. The zero-order chi connectivity index (χ0) is 21.4. The molecule has 0 saturated heterocycles. The molecule has 2 rings (SSSR count). The Kier molecular flexibility index (Phi) is 8.32. The third-order valence-corrected chi connectivity index (χ3v) is 5.46. The summed E-state index contributed by atoms with van der Waals surface area (Å²) in [5.74, 6) is 0.953. The lowest BCUT2D eigenvalue weighted by Crippen LogP contribution is -2.52. The number of hydrogen-bond donors (Lipinski definition) is 1. The van der Waals surface area contributed by atoms with Gasteiger partial charge in [-0.1, -0.05) is 60.2 Å². The summed E-state index contributed by atoms with van der Waals surface area (Å²) in [4.78, 5) is 27.4. The van der Waals surface area contributed by atoms with E-state index in [4.69, 9.17) is 0 Å². The van der Waals surface area contributed by atoms with Gasteiger partial charge in [-0.15, -0.1) is 11.8 Å². The van der Waals surface area contributed by atoms with Crippen LogP contribution in [0.1, 0.15) is 44.4 Å². The van der Waals surface area contributed by atoms with Crippen molar-refractivity contribution in [3.05, 3.63) is 71.3 Å². The van der Waals surface area contributed by atoms with Crippen molar-refractivity contribution in [1.29, 1.82) is 0 Å². The number of hydrogen-bond acceptors (Lipinski definition) is 3. The average Bonchev–Trinajstić information content (AvgIpc) is 2.66. The summed E-state index contributed by atoms with van der Waals surface area (Å²) in [6.07, 6.45) is 0. The minimum absolute atomic E-state index is 0.0254. The number of nitrogens with one attached hydrogen (secondary N) is 1. The van der Waals surface area contributed by atoms with Crippen LogP contribution in [-0.4, -0.2) is 34.0 Å². The molecule has 0 unspecified atom stereocenters. The molecular formula is C24H32N2O2S. The molecule has 0 aliphatic carbocycles. The van der Waals surface area contributed by atoms with Gasteiger partial charge < -0.3 is 10.2 Å². The highest BCUT2D eigenvalue weighted by atomic mass is 32.2. The number of rotatable bonds is 8. The molecule has 0 aromatic heterocycles. The normalized spacial score (nSPS) is 12.3. The molecule has 1 N–H and O–H groups in total. The fraction of sp³-hybridized carbons (Fsp3) is 0.417. The average molecular weight is 413 g/mol. The molecule has 29 heavy (non-hydrogen) atoms. The Balaban J connectivity index is 2.05. The molecule has 156 valence electrons. The Morgan fingerprint density at radius 3 is 2.21 bits per heavy atom. The summed E-state index contributed by atoms with van der Waals surface area (Å²) >= 11 is 1.58. The highest BCUT2D eigenvalue weighted by Gasteiger charge is 2.28. The maximum Gasteiger partial charge on any atom is 0.242 e. The van der Waals surface area contributed by atoms with Gasteiger partial charge in [-0.05, 0) is 45.7 Å². The van der Waals surface area contributed by atoms with Crippen molar-refractivity contribution in [1.82, 2.24) is 10.2 Å². The molecule has 4 nitrogen and oxygen atoms in total. The van der Waals surface area contributed by atoms with E-state index in [9.17, 15) is 9.59 Å². The Labute approximate surface area is 179 Å². The van der Waals surface area contributed by atoms with Crippen LogP contribution in [0, 0.1) is 6.92 Å². The van der Waals surface area contributed by atoms with E-state index in [1.54, 1.807) is 23.6 Å². The number of aryl methyl sites for hydroxylation is 1. The molecule has 0 heterocycles. The molecule has 1 atom stereocenters. The van der Waals surface area contributed by atoms with Crippen molar-refractivity contribution < 1.29 is 9.59 Å². The van der Waals surface area contributed by atoms with Crippen LogP contribution in [0.15, 0.2) is 54.6 Å². The van der Waals surface area contributed by atoms with E-state index >= 15 is 0 Å². The molecule has 0 saturated carbocycles. The predicted octanol–water partition coefficient (Wildman–Crippen LogP) is 4.56. The molecule has 5 heteroatoms. The van der Waals surface area contributed by atoms with Gasteiger partial charge >= 0.3 is 0 Å². The predicted molar refractivity (Wildman–Crippen MR) is 122 cm³/mol. The van der Waals surface area contributed by atoms with Crippen LogP contribution in [0.2, 0.25) is 0 Å². The molecule has 0 aliphatic rings. The Morgan fingerprint density at radius 1 is 1.00 bits per heavy atom. The van der Waals surface area contributed by atoms with E-state index in [1.165, 1.54) is 11.1 Å². The highest BCUT2D eigenvalue weighted by Crippen LogP contribution is 2.17. The van der Waals surface area contributed by atoms with Crippen molar-refractivity contribution in [2.75, 3.05) is 5.75 Å². The van der Waals surface area contributed by atoms with Crippen LogP contribution >= 0.6 is 11.8 Å². The zero-order valence-corrected chi connectivity index (χ0v) is 18.9. The van der Waals surface area contributed by atoms with Crippen LogP contribution < -0.4 is 5.32 Å². The number of carbonyl (C=O) groups excluding carboxylic acids is 2. The highest BCUT2D eigenvalue weighted by molar-refractivity contribution is 7.99. The van der Waals surface area contributed by atoms with Gasteiger partial charge in [0.25, 0.3) is 0 Å². The molecule has 0 bridgehead atoms. The second-order valence-corrected chi connectivity index (χ2v) is 9.39. The maximum atomic E-state index is 13.0. The molecule has 2 amide bonds. The first-order valence-corrected chi connectivity index (χ1v) is 11.1. The summed E-state index contributed by atoms with van der Waals surface area (Å²) in [5, 5.41) is 2.99. The van der Waals surface area contributed by atoms with E-state index in [0.29, 0.717) is 12.3 Å². The third kappa shape index (κ3) is 7.94. The van der Waals surface area contributed by atoms with Gasteiger partial charge in [0, 0.05) is 17.8 Å². The van der Waals surface area contributed by atoms with E-state index < -0.39 is 6.04 Å². The van der Waals surface area contributed by atoms with E-state index in [-0.39, 0.29) is 17.4 Å². The van der Waals surface area contributed by atoms with Crippen molar-refractivity contribution in [2.24, 2.45) is 0 Å². The van der Waals surface area contributed by atoms with E-state index in [2.05, 4.69) is 36.5 Å². The first-order valence-electron chi connectivity index (χ1n) is 9.94. The summed E-state index contributed by atoms with van der Waals surface area (Å²) in [6.45, 7) is 10.1. The second-order valence-electron chi connectivity index (χ2n) is 8.40. The van der Waals surface area contributed by atoms with Gasteiger partial charge in [-0.25, -0.2) is 0 Å². The van der Waals surface area contributed by atoms with Gasteiger partial charge in [-0.2, -0.15) is 0 Å². The number of thioether (sulfide) groups is 1. The van der Waals surface area contributed by atoms with Gasteiger partial charge in [0.05, 0.1) is 5.75 Å². The fourth-order valence-electron chi connectivity index (χ4n) is 2.86. The smallest absolute Gasteiger partial charge is 0.242 e. The largest absolute Gasteiger partial charge is 0.350 e. The first-order chi connectivity index (χ1) is 13.7. The summed E-state index contributed by atoms with van der Waals surface area (Å²) in [6, 6.07) is 17.6. The molecule has 0 radical (unpaired) electrons. The minimum Gasteiger partial charge on any atom is -0.350 e. The number of nitrogens with zero attached hydrogens (tertiary/aromatic N) is 1. The lowest BCUT2D eigenvalue weighted by atomic mass is 10.1. The third-order valence-electron chi connectivity index (χ3n) is 4.48. The van der Waals surface area contributed by atoms with E-state index in [0.717, 1.165) is 11.3 Å². The van der Waals surface area contributed by atoms with Crippen LogP contribution in [0.4, 0.5) is 0 Å². The molecule has 0 spiro atoms. The van der Waals surface area contributed by atoms with Gasteiger partial charge in [-0.3, -0.25) is 9.59 Å². The standard InChI is InChI=1S/C24H32N2O2S/c1-18-11-13-21(14-12-18)16-29-17-22(27)26(15-20-9-7-6-8-10-20)19(2)23(28)25-24(3,4)5/h6-14,19H,15-17H2,1-5H3,(H,25,28)/t19-/m0/s1. The summed E-state index contributed by atoms with van der Waals surface area (Å²) < 4.78 is 0. The van der Waals surface area contributed by atoms with Crippen molar-refractivity contribution >= 4 is 23.6 Å². The fourth-order valence-corrected chi connectivity index (χ4v) is 3.73. The van der Waals surface area contributed by atoms with E-state index in [1.807, 2.05) is 51.1 Å². The lowest BCUT2D eigenvalue weighted by molar-refractivity contribution is -0.139. The molecule has 0 fully saturated rings. The maximum absolute atomic E-state index is 13.0. The monoisotopic (exact) mass is 412 g/mol. The van der Waals surface area contributed by atoms with Gasteiger partial charge in [0.2, 0.25) is 11.8 Å². The topological polar surface area (TPSA) is 49.4 Å². The van der Waals surface area contributed by atoms with Crippen LogP contribution in [0.3, 0.4) is 0 Å². The SMILES string of the molecule is Cc1ccc(CSCC(=O)N(Cc2ccccc2)[C@@H](C)C(=O)NC(C)(C)C)cc1. The van der Waals surface area contributed by atoms with Crippen molar-refractivity contribution in [2.45, 2.75) is 58.5 Å². The molecule has 0 aliphatic heterocycles. The minimum atomic E-state index is -0.540. The molecule has 2 aromatic carbocycles. The van der Waals surface area contributed by atoms with Crippen molar-refractivity contribution in [3.8, 4) is 0 Å². The lowest BCUT2D eigenvalue weighted by Gasteiger charge is -2.31. The van der Waals surface area contributed by atoms with Crippen LogP contribution in [0.5, 0.6) is 0 Å². The number of amides is 2. The van der Waals surface area contributed by atoms with Gasteiger partial charge in [0.1, 0.15) is 6.04 Å². The van der Waals surface area contributed by atoms with Crippen molar-refractivity contribution in [3.63, 3.8) is 0 Å². The van der Waals surface area contributed by atoms with Gasteiger partial charge in [0.15, 0.2) is 0 Å². The summed E-state index contributed by atoms with van der Waals surface area (Å²) in [5.41, 5.74) is 3.09. The zero-order valence-electron chi connectivity index (χ0n) is 18.1. The molecular weight excluding hydrogens is 380 g/mol. The number of benzene rings is 2.